The van der Waals surface area contributed by atoms with E-state index in [2.05, 4.69) is 10.0 Å². The molecule has 2 aromatic carbocycles. The van der Waals surface area contributed by atoms with Crippen molar-refractivity contribution in [3.05, 3.63) is 69.0 Å². The molecule has 4 aliphatic rings. The van der Waals surface area contributed by atoms with Gasteiger partial charge in [-0.25, -0.2) is 6.57 Å². The standard InChI is InChI=1S/C10H9ClN2O2.C10H6ClNO/c11-5-3-1-2-4-6-7(10(12)13-14)9(6)15-8(4)5;1-12-8-7-5-3-2-4-6(11)9(5)13-10(7)8/h1-3,6-7,9,14H,(H2,12,13);2-4,7-8,10H/t6-,7-,9-;7-,8+,10-/m10/s1. The summed E-state index contributed by atoms with van der Waals surface area (Å²) >= 11 is 11.9. The van der Waals surface area contributed by atoms with Gasteiger partial charge in [0.2, 0.25) is 0 Å². The maximum Gasteiger partial charge on any atom is 0.271 e. The van der Waals surface area contributed by atoms with Gasteiger partial charge in [0, 0.05) is 17.0 Å². The number of amidine groups is 1. The lowest BCUT2D eigenvalue weighted by Gasteiger charge is -2.08. The molecule has 2 aromatic rings. The van der Waals surface area contributed by atoms with Crippen LogP contribution in [0.3, 0.4) is 0 Å². The van der Waals surface area contributed by atoms with E-state index in [-0.39, 0.29) is 41.8 Å². The fourth-order valence-corrected chi connectivity index (χ4v) is 4.69. The molecule has 3 N–H and O–H groups in total. The van der Waals surface area contributed by atoms with Crippen molar-refractivity contribution >= 4 is 29.0 Å². The molecule has 0 bridgehead atoms. The van der Waals surface area contributed by atoms with Crippen LogP contribution in [0.25, 0.3) is 4.85 Å². The maximum absolute atomic E-state index is 8.58. The maximum atomic E-state index is 8.58. The molecule has 8 heteroatoms. The van der Waals surface area contributed by atoms with Gasteiger partial charge in [-0.3, -0.25) is 0 Å². The normalized spacial score (nSPS) is 32.2. The van der Waals surface area contributed by atoms with E-state index in [1.54, 1.807) is 6.07 Å². The van der Waals surface area contributed by atoms with Crippen LogP contribution in [0.1, 0.15) is 23.0 Å². The van der Waals surface area contributed by atoms with Gasteiger partial charge in [-0.2, -0.15) is 0 Å². The second kappa shape index (κ2) is 6.20. The van der Waals surface area contributed by atoms with Gasteiger partial charge < -0.3 is 25.3 Å². The molecule has 0 spiro atoms. The van der Waals surface area contributed by atoms with Crippen molar-refractivity contribution in [3.63, 3.8) is 0 Å². The van der Waals surface area contributed by atoms with Crippen LogP contribution < -0.4 is 15.2 Å². The summed E-state index contributed by atoms with van der Waals surface area (Å²) in [5.74, 6) is 2.26. The zero-order valence-corrected chi connectivity index (χ0v) is 15.9. The van der Waals surface area contributed by atoms with Crippen LogP contribution >= 0.6 is 23.2 Å². The molecule has 0 radical (unpaired) electrons. The molecule has 0 saturated heterocycles. The highest BCUT2D eigenvalue weighted by Crippen LogP contribution is 2.60. The molecule has 6 nitrogen and oxygen atoms in total. The quantitative estimate of drug-likeness (QED) is 0.242. The van der Waals surface area contributed by atoms with Crippen LogP contribution in [0.15, 0.2) is 41.6 Å². The highest BCUT2D eigenvalue weighted by molar-refractivity contribution is 6.32. The van der Waals surface area contributed by atoms with E-state index in [4.69, 9.17) is 50.2 Å². The molecule has 28 heavy (non-hydrogen) atoms. The monoisotopic (exact) mass is 415 g/mol. The van der Waals surface area contributed by atoms with Crippen molar-refractivity contribution < 1.29 is 14.7 Å². The van der Waals surface area contributed by atoms with Gasteiger partial charge in [0.05, 0.1) is 16.0 Å². The Balaban J connectivity index is 0.000000123. The fourth-order valence-electron chi connectivity index (χ4n) is 4.24. The number of hydrogen-bond donors (Lipinski definition) is 2. The van der Waals surface area contributed by atoms with Gasteiger partial charge in [0.25, 0.3) is 6.04 Å². The Kier molecular flexibility index (Phi) is 3.87. The molecule has 2 aliphatic carbocycles. The Morgan fingerprint density at radius 3 is 2.14 bits per heavy atom. The lowest BCUT2D eigenvalue weighted by Crippen LogP contribution is -2.19. The summed E-state index contributed by atoms with van der Waals surface area (Å²) in [5, 5.41) is 12.9. The summed E-state index contributed by atoms with van der Waals surface area (Å²) in [6.07, 6.45) is 0.0724. The first-order valence-electron chi connectivity index (χ1n) is 8.81. The number of nitrogens with zero attached hydrogens (tertiary/aromatic N) is 2. The van der Waals surface area contributed by atoms with Crippen molar-refractivity contribution in [3.8, 4) is 11.5 Å². The van der Waals surface area contributed by atoms with E-state index >= 15 is 0 Å². The number of oxime groups is 1. The minimum atomic E-state index is -0.00389. The molecule has 2 saturated carbocycles. The third-order valence-electron chi connectivity index (χ3n) is 5.70. The second-order valence-corrected chi connectivity index (χ2v) is 8.02. The number of nitrogens with two attached hydrogens (primary N) is 1. The van der Waals surface area contributed by atoms with E-state index < -0.39 is 0 Å². The van der Waals surface area contributed by atoms with Gasteiger partial charge in [0.1, 0.15) is 29.4 Å². The van der Waals surface area contributed by atoms with Crippen LogP contribution in [-0.2, 0) is 0 Å². The Hall–Kier alpha value is -2.62. The first-order valence-corrected chi connectivity index (χ1v) is 9.56. The number of benzene rings is 2. The molecule has 142 valence electrons. The van der Waals surface area contributed by atoms with Gasteiger partial charge in [-0.15, -0.1) is 0 Å². The van der Waals surface area contributed by atoms with Gasteiger partial charge in [-0.1, -0.05) is 52.6 Å². The van der Waals surface area contributed by atoms with Crippen LogP contribution in [-0.4, -0.2) is 29.3 Å². The summed E-state index contributed by atoms with van der Waals surface area (Å²) in [7, 11) is 0. The van der Waals surface area contributed by atoms with Gasteiger partial charge in [-0.05, 0) is 12.1 Å². The number of halogens is 2. The van der Waals surface area contributed by atoms with Crippen LogP contribution in [0.5, 0.6) is 11.5 Å². The Morgan fingerprint density at radius 2 is 1.57 bits per heavy atom. The Labute approximate surface area is 171 Å². The van der Waals surface area contributed by atoms with Crippen LogP contribution in [0, 0.1) is 12.5 Å². The van der Waals surface area contributed by atoms with Crippen molar-refractivity contribution in [2.24, 2.45) is 16.8 Å². The molecular formula is C20H15Cl2N3O3. The SMILES string of the molecule is N/C(=N\O)[C@H]1[C@@H]2Oc3c(Cl)cccc3[C@@H]21.[C-]#[N+][C@H]1[C@H]2Oc3c(Cl)cccc3[C@@H]12. The van der Waals surface area contributed by atoms with Crippen LogP contribution in [0.4, 0.5) is 0 Å². The number of hydrogen-bond acceptors (Lipinski definition) is 4. The van der Waals surface area contributed by atoms with E-state index in [0.29, 0.717) is 10.0 Å². The summed E-state index contributed by atoms with van der Waals surface area (Å²) in [6.45, 7) is 6.93. The first kappa shape index (κ1) is 17.5. The molecule has 2 aliphatic heterocycles. The van der Waals surface area contributed by atoms with E-state index in [1.807, 2.05) is 30.3 Å². The smallest absolute Gasteiger partial charge is 0.271 e. The molecular weight excluding hydrogens is 401 g/mol. The largest absolute Gasteiger partial charge is 0.487 e. The second-order valence-electron chi connectivity index (χ2n) is 7.20. The molecule has 6 atom stereocenters. The molecule has 2 heterocycles. The third-order valence-corrected chi connectivity index (χ3v) is 6.29. The highest BCUT2D eigenvalue weighted by atomic mass is 35.5. The summed E-state index contributed by atoms with van der Waals surface area (Å²) in [4.78, 5) is 3.50. The molecule has 0 unspecified atom stereocenters. The first-order chi connectivity index (χ1) is 13.6. The zero-order valence-electron chi connectivity index (χ0n) is 14.4. The van der Waals surface area contributed by atoms with Gasteiger partial charge >= 0.3 is 0 Å². The average Bonchev–Trinajstić information content (AvgIpc) is 3.50. The number of ether oxygens (including phenoxy) is 2. The van der Waals surface area contributed by atoms with Crippen molar-refractivity contribution in [1.29, 1.82) is 0 Å². The topological polar surface area (TPSA) is 81.4 Å². The Bertz CT molecular complexity index is 1050. The van der Waals surface area contributed by atoms with Crippen LogP contribution in [0.2, 0.25) is 10.0 Å². The number of fused-ring (bicyclic) bond motifs is 6. The number of para-hydroxylation sites is 2. The minimum Gasteiger partial charge on any atom is -0.487 e. The highest BCUT2D eigenvalue weighted by Gasteiger charge is 2.66. The predicted molar refractivity (Wildman–Crippen MR) is 105 cm³/mol. The van der Waals surface area contributed by atoms with E-state index in [9.17, 15) is 0 Å². The summed E-state index contributed by atoms with van der Waals surface area (Å²) < 4.78 is 11.2. The lowest BCUT2D eigenvalue weighted by molar-refractivity contribution is 0.298. The van der Waals surface area contributed by atoms with Crippen molar-refractivity contribution in [2.75, 3.05) is 0 Å². The van der Waals surface area contributed by atoms with E-state index in [0.717, 1.165) is 22.6 Å². The van der Waals surface area contributed by atoms with E-state index in [1.165, 1.54) is 0 Å². The fraction of sp³-hybridized carbons (Fsp3) is 0.300. The van der Waals surface area contributed by atoms with Crippen molar-refractivity contribution in [1.82, 2.24) is 0 Å². The lowest BCUT2D eigenvalue weighted by atomic mass is 10.1. The molecule has 6 rings (SSSR count). The zero-order chi connectivity index (χ0) is 19.6. The third kappa shape index (κ3) is 2.43. The average molecular weight is 416 g/mol. The predicted octanol–water partition coefficient (Wildman–Crippen LogP) is 4.05. The summed E-state index contributed by atoms with van der Waals surface area (Å²) in [5.41, 5.74) is 7.72. The number of rotatable bonds is 1. The molecule has 0 aromatic heterocycles. The molecule has 2 fully saturated rings. The Morgan fingerprint density at radius 1 is 1.00 bits per heavy atom. The van der Waals surface area contributed by atoms with Gasteiger partial charge in [0.15, 0.2) is 6.10 Å². The molecule has 0 amide bonds. The van der Waals surface area contributed by atoms with Crippen molar-refractivity contribution in [2.45, 2.75) is 30.1 Å². The summed E-state index contributed by atoms with van der Waals surface area (Å²) in [6, 6.07) is 11.4. The minimum absolute atomic E-state index is 0.000895.